The lowest BCUT2D eigenvalue weighted by Gasteiger charge is -2.28. The van der Waals surface area contributed by atoms with E-state index in [1.807, 2.05) is 18.2 Å². The molecule has 0 aromatic heterocycles. The third-order valence-electron chi connectivity index (χ3n) is 5.83. The zero-order chi connectivity index (χ0) is 22.2. The molecule has 160 valence electrons. The lowest BCUT2D eigenvalue weighted by molar-refractivity contribution is 0.936. The Morgan fingerprint density at radius 2 is 1.34 bits per heavy atom. The maximum atomic E-state index is 3.83. The van der Waals surface area contributed by atoms with Crippen molar-refractivity contribution in [3.8, 4) is 0 Å². The van der Waals surface area contributed by atoms with Gasteiger partial charge in [0.2, 0.25) is 0 Å². The van der Waals surface area contributed by atoms with Gasteiger partial charge in [0.25, 0.3) is 0 Å². The quantitative estimate of drug-likeness (QED) is 0.342. The molecule has 0 amide bonds. The molecule has 0 atom stereocenters. The highest BCUT2D eigenvalue weighted by Gasteiger charge is 2.15. The molecule has 0 aliphatic heterocycles. The van der Waals surface area contributed by atoms with Crippen LogP contribution < -0.4 is 9.80 Å². The SMILES string of the molecule is C=C/C=C\C1=C(CN(c2ccccc2)c2ccc(N(C)c3ccccc3)cc2)C=CCC1. The molecule has 3 aromatic rings. The Bertz CT molecular complexity index is 1110. The summed E-state index contributed by atoms with van der Waals surface area (Å²) in [4.78, 5) is 4.60. The molecule has 2 heteroatoms. The van der Waals surface area contributed by atoms with Crippen molar-refractivity contribution in [1.82, 2.24) is 0 Å². The van der Waals surface area contributed by atoms with Gasteiger partial charge in [-0.25, -0.2) is 0 Å². The fourth-order valence-electron chi connectivity index (χ4n) is 4.03. The van der Waals surface area contributed by atoms with E-state index in [9.17, 15) is 0 Å². The number of hydrogen-bond donors (Lipinski definition) is 0. The monoisotopic (exact) mass is 418 g/mol. The van der Waals surface area contributed by atoms with Crippen LogP contribution in [0.3, 0.4) is 0 Å². The van der Waals surface area contributed by atoms with Crippen LogP contribution in [-0.4, -0.2) is 13.6 Å². The summed E-state index contributed by atoms with van der Waals surface area (Å²) in [5.74, 6) is 0. The molecule has 0 fully saturated rings. The Kier molecular flexibility index (Phi) is 7.04. The number of allylic oxidation sites excluding steroid dienone is 5. The molecule has 3 aromatic carbocycles. The first-order valence-corrected chi connectivity index (χ1v) is 11.2. The molecule has 0 spiro atoms. The zero-order valence-corrected chi connectivity index (χ0v) is 18.7. The number of rotatable bonds is 8. The molecule has 0 bridgehead atoms. The van der Waals surface area contributed by atoms with Crippen molar-refractivity contribution in [3.63, 3.8) is 0 Å². The van der Waals surface area contributed by atoms with Crippen LogP contribution in [0.4, 0.5) is 22.7 Å². The van der Waals surface area contributed by atoms with Crippen molar-refractivity contribution in [3.05, 3.63) is 133 Å². The van der Waals surface area contributed by atoms with Crippen LogP contribution in [0.2, 0.25) is 0 Å². The van der Waals surface area contributed by atoms with Crippen LogP contribution in [0, 0.1) is 0 Å². The second-order valence-corrected chi connectivity index (χ2v) is 7.92. The molecule has 0 N–H and O–H groups in total. The predicted molar refractivity (Wildman–Crippen MR) is 139 cm³/mol. The molecule has 1 aliphatic carbocycles. The van der Waals surface area contributed by atoms with Crippen LogP contribution in [0.15, 0.2) is 133 Å². The standard InChI is InChI=1S/C30H30N2/c1-3-4-13-25-14-11-12-15-26(25)24-32(29-18-9-6-10-19-29)30-22-20-28(21-23-30)31(2)27-16-7-5-8-17-27/h3-10,12-13,15-23H,1,11,14,24H2,2H3/b13-4-. The maximum absolute atomic E-state index is 3.83. The van der Waals surface area contributed by atoms with E-state index in [0.29, 0.717) is 0 Å². The van der Waals surface area contributed by atoms with Crippen molar-refractivity contribution >= 4 is 22.7 Å². The zero-order valence-electron chi connectivity index (χ0n) is 18.7. The number of anilines is 4. The van der Waals surface area contributed by atoms with Crippen LogP contribution in [0.25, 0.3) is 0 Å². The van der Waals surface area contributed by atoms with Crippen molar-refractivity contribution in [2.24, 2.45) is 0 Å². The van der Waals surface area contributed by atoms with Gasteiger partial charge >= 0.3 is 0 Å². The van der Waals surface area contributed by atoms with Gasteiger partial charge in [-0.2, -0.15) is 0 Å². The summed E-state index contributed by atoms with van der Waals surface area (Å²) in [7, 11) is 2.11. The van der Waals surface area contributed by atoms with Crippen LogP contribution in [0.1, 0.15) is 12.8 Å². The van der Waals surface area contributed by atoms with Gasteiger partial charge in [0.05, 0.1) is 0 Å². The molecule has 1 aliphatic rings. The normalized spacial score (nSPS) is 13.4. The van der Waals surface area contributed by atoms with Crippen molar-refractivity contribution in [2.75, 3.05) is 23.4 Å². The number of para-hydroxylation sites is 2. The first-order valence-electron chi connectivity index (χ1n) is 11.2. The molecule has 0 heterocycles. The van der Waals surface area contributed by atoms with Gasteiger partial charge < -0.3 is 9.80 Å². The molecule has 32 heavy (non-hydrogen) atoms. The Balaban J connectivity index is 1.66. The number of nitrogens with zero attached hydrogens (tertiary/aromatic N) is 2. The fraction of sp³-hybridized carbons (Fsp3) is 0.133. The molecule has 2 nitrogen and oxygen atoms in total. The summed E-state index contributed by atoms with van der Waals surface area (Å²) >= 11 is 0. The van der Waals surface area contributed by atoms with Crippen LogP contribution >= 0.6 is 0 Å². The Morgan fingerprint density at radius 1 is 0.781 bits per heavy atom. The van der Waals surface area contributed by atoms with Crippen molar-refractivity contribution in [2.45, 2.75) is 12.8 Å². The van der Waals surface area contributed by atoms with Gasteiger partial charge in [0.1, 0.15) is 0 Å². The van der Waals surface area contributed by atoms with Gasteiger partial charge in [-0.1, -0.05) is 73.4 Å². The molecular formula is C30H30N2. The van der Waals surface area contributed by atoms with E-state index in [1.54, 1.807) is 0 Å². The number of hydrogen-bond acceptors (Lipinski definition) is 2. The lowest BCUT2D eigenvalue weighted by Crippen LogP contribution is -2.21. The average molecular weight is 419 g/mol. The lowest BCUT2D eigenvalue weighted by atomic mass is 9.96. The third-order valence-corrected chi connectivity index (χ3v) is 5.83. The van der Waals surface area contributed by atoms with Gasteiger partial charge in [0, 0.05) is 36.3 Å². The Labute approximate surface area is 192 Å². The molecular weight excluding hydrogens is 388 g/mol. The summed E-state index contributed by atoms with van der Waals surface area (Å²) < 4.78 is 0. The van der Waals surface area contributed by atoms with E-state index in [4.69, 9.17) is 0 Å². The molecule has 0 saturated carbocycles. The molecule has 0 radical (unpaired) electrons. The Morgan fingerprint density at radius 3 is 2.00 bits per heavy atom. The topological polar surface area (TPSA) is 6.48 Å². The molecule has 4 rings (SSSR count). The average Bonchev–Trinajstić information content (AvgIpc) is 2.87. The highest BCUT2D eigenvalue weighted by Crippen LogP contribution is 2.32. The summed E-state index contributed by atoms with van der Waals surface area (Å²) in [6.07, 6.45) is 12.8. The highest BCUT2D eigenvalue weighted by molar-refractivity contribution is 5.70. The summed E-state index contributed by atoms with van der Waals surface area (Å²) in [5.41, 5.74) is 7.45. The van der Waals surface area contributed by atoms with Gasteiger partial charge in [-0.15, -0.1) is 0 Å². The van der Waals surface area contributed by atoms with Gasteiger partial charge in [-0.05, 0) is 72.5 Å². The summed E-state index contributed by atoms with van der Waals surface area (Å²) in [6.45, 7) is 4.65. The van der Waals surface area contributed by atoms with Crippen molar-refractivity contribution < 1.29 is 0 Å². The van der Waals surface area contributed by atoms with Gasteiger partial charge in [0.15, 0.2) is 0 Å². The minimum Gasteiger partial charge on any atom is -0.345 e. The van der Waals surface area contributed by atoms with E-state index < -0.39 is 0 Å². The Hall–Kier alpha value is -3.78. The first-order chi connectivity index (χ1) is 15.8. The maximum Gasteiger partial charge on any atom is 0.0484 e. The second kappa shape index (κ2) is 10.5. The minimum atomic E-state index is 0.825. The van der Waals surface area contributed by atoms with E-state index >= 15 is 0 Å². The van der Waals surface area contributed by atoms with E-state index in [2.05, 4.69) is 121 Å². The molecule has 0 unspecified atom stereocenters. The predicted octanol–water partition coefficient (Wildman–Crippen LogP) is 7.98. The molecule has 0 saturated heterocycles. The summed E-state index contributed by atoms with van der Waals surface area (Å²) in [5, 5.41) is 0. The van der Waals surface area contributed by atoms with Crippen LogP contribution in [-0.2, 0) is 0 Å². The largest absolute Gasteiger partial charge is 0.345 e. The fourth-order valence-corrected chi connectivity index (χ4v) is 4.03. The first kappa shape index (κ1) is 21.5. The van der Waals surface area contributed by atoms with E-state index in [1.165, 1.54) is 33.9 Å². The second-order valence-electron chi connectivity index (χ2n) is 7.92. The van der Waals surface area contributed by atoms with Crippen molar-refractivity contribution in [1.29, 1.82) is 0 Å². The van der Waals surface area contributed by atoms with Gasteiger partial charge in [-0.3, -0.25) is 0 Å². The number of benzene rings is 3. The third kappa shape index (κ3) is 5.09. The smallest absolute Gasteiger partial charge is 0.0484 e. The highest BCUT2D eigenvalue weighted by atomic mass is 15.1. The summed E-state index contributed by atoms with van der Waals surface area (Å²) in [6, 6.07) is 29.9. The van der Waals surface area contributed by atoms with E-state index in [-0.39, 0.29) is 0 Å². The van der Waals surface area contributed by atoms with Crippen LogP contribution in [0.5, 0.6) is 0 Å². The minimum absolute atomic E-state index is 0.825. The van der Waals surface area contributed by atoms with E-state index in [0.717, 1.165) is 19.4 Å².